The predicted octanol–water partition coefficient (Wildman–Crippen LogP) is 3.60. The van der Waals surface area contributed by atoms with Gasteiger partial charge in [-0.1, -0.05) is 35.9 Å². The van der Waals surface area contributed by atoms with Crippen molar-refractivity contribution in [2.45, 2.75) is 26.9 Å². The predicted molar refractivity (Wildman–Crippen MR) is 111 cm³/mol. The summed E-state index contributed by atoms with van der Waals surface area (Å²) < 4.78 is 10.8. The number of aryl methyl sites for hydroxylation is 1. The van der Waals surface area contributed by atoms with Crippen molar-refractivity contribution in [1.82, 2.24) is 10.6 Å². The Bertz CT molecular complexity index is 734. The molecule has 0 atom stereocenters. The van der Waals surface area contributed by atoms with Crippen LogP contribution in [0.5, 0.6) is 11.5 Å². The van der Waals surface area contributed by atoms with Gasteiger partial charge in [-0.3, -0.25) is 0 Å². The van der Waals surface area contributed by atoms with Gasteiger partial charge in [0.25, 0.3) is 0 Å². The standard InChI is InChI=1S/C19H23N3O2.HI/c1-3-20-19(21-11-15-6-4-5-14(2)9-15)22-12-16-7-8-17-18(10-16)24-13-23-17;/h4-10H,3,11-13H2,1-2H3,(H2,20,21,22);1H. The Labute approximate surface area is 165 Å². The van der Waals surface area contributed by atoms with Gasteiger partial charge < -0.3 is 20.1 Å². The van der Waals surface area contributed by atoms with E-state index in [1.165, 1.54) is 11.1 Å². The first kappa shape index (κ1) is 19.4. The molecule has 1 heterocycles. The van der Waals surface area contributed by atoms with E-state index in [-0.39, 0.29) is 24.0 Å². The van der Waals surface area contributed by atoms with Crippen LogP contribution in [-0.2, 0) is 13.1 Å². The molecule has 0 aliphatic carbocycles. The number of fused-ring (bicyclic) bond motifs is 1. The highest BCUT2D eigenvalue weighted by atomic mass is 127. The summed E-state index contributed by atoms with van der Waals surface area (Å²) in [4.78, 5) is 4.65. The zero-order chi connectivity index (χ0) is 16.8. The zero-order valence-corrected chi connectivity index (χ0v) is 16.9. The second-order valence-corrected chi connectivity index (χ2v) is 5.73. The highest BCUT2D eigenvalue weighted by Crippen LogP contribution is 2.32. The van der Waals surface area contributed by atoms with Gasteiger partial charge in [-0.15, -0.1) is 24.0 Å². The van der Waals surface area contributed by atoms with Crippen LogP contribution >= 0.6 is 24.0 Å². The number of ether oxygens (including phenoxy) is 2. The Balaban J connectivity index is 0.00000225. The molecule has 6 heteroatoms. The van der Waals surface area contributed by atoms with Gasteiger partial charge in [0.15, 0.2) is 17.5 Å². The summed E-state index contributed by atoms with van der Waals surface area (Å²) in [5.74, 6) is 2.41. The normalized spacial score (nSPS) is 12.5. The number of rotatable bonds is 5. The van der Waals surface area contributed by atoms with Crippen LogP contribution in [0.4, 0.5) is 0 Å². The number of hydrogen-bond acceptors (Lipinski definition) is 3. The fourth-order valence-electron chi connectivity index (χ4n) is 2.56. The number of hydrogen-bond donors (Lipinski definition) is 2. The first-order chi connectivity index (χ1) is 11.7. The molecule has 25 heavy (non-hydrogen) atoms. The summed E-state index contributed by atoms with van der Waals surface area (Å²) in [6, 6.07) is 14.4. The molecule has 0 saturated heterocycles. The van der Waals surface area contributed by atoms with Crippen LogP contribution < -0.4 is 20.1 Å². The molecule has 3 rings (SSSR count). The lowest BCUT2D eigenvalue weighted by atomic mass is 10.1. The SMILES string of the molecule is CCNC(=NCc1cccc(C)c1)NCc1ccc2c(c1)OCO2.I. The van der Waals surface area contributed by atoms with Crippen molar-refractivity contribution in [3.63, 3.8) is 0 Å². The third kappa shape index (κ3) is 5.52. The molecule has 2 aromatic carbocycles. The third-order valence-corrected chi connectivity index (χ3v) is 3.74. The van der Waals surface area contributed by atoms with E-state index >= 15 is 0 Å². The number of nitrogens with one attached hydrogen (secondary N) is 2. The minimum Gasteiger partial charge on any atom is -0.454 e. The first-order valence-electron chi connectivity index (χ1n) is 8.21. The molecule has 0 radical (unpaired) electrons. The summed E-state index contributed by atoms with van der Waals surface area (Å²) >= 11 is 0. The van der Waals surface area contributed by atoms with Crippen molar-refractivity contribution in [2.75, 3.05) is 13.3 Å². The average molecular weight is 453 g/mol. The summed E-state index contributed by atoms with van der Waals surface area (Å²) in [7, 11) is 0. The molecule has 0 unspecified atom stereocenters. The van der Waals surface area contributed by atoms with E-state index in [9.17, 15) is 0 Å². The zero-order valence-electron chi connectivity index (χ0n) is 14.5. The molecule has 0 spiro atoms. The quantitative estimate of drug-likeness (QED) is 0.413. The van der Waals surface area contributed by atoms with Crippen molar-refractivity contribution in [1.29, 1.82) is 0 Å². The van der Waals surface area contributed by atoms with Gasteiger partial charge in [-0.2, -0.15) is 0 Å². The topological polar surface area (TPSA) is 54.9 Å². The van der Waals surface area contributed by atoms with Gasteiger partial charge in [0.2, 0.25) is 6.79 Å². The molecule has 1 aliphatic rings. The second-order valence-electron chi connectivity index (χ2n) is 5.73. The molecule has 0 bridgehead atoms. The molecule has 0 fully saturated rings. The lowest BCUT2D eigenvalue weighted by Crippen LogP contribution is -2.36. The van der Waals surface area contributed by atoms with E-state index < -0.39 is 0 Å². The van der Waals surface area contributed by atoms with Crippen LogP contribution in [0.3, 0.4) is 0 Å². The molecule has 5 nitrogen and oxygen atoms in total. The van der Waals surface area contributed by atoms with Gasteiger partial charge in [0, 0.05) is 13.1 Å². The molecular weight excluding hydrogens is 429 g/mol. The number of aliphatic imine (C=N–C) groups is 1. The van der Waals surface area contributed by atoms with Crippen LogP contribution in [0, 0.1) is 6.92 Å². The summed E-state index contributed by atoms with van der Waals surface area (Å²) in [5, 5.41) is 6.63. The molecule has 2 N–H and O–H groups in total. The minimum atomic E-state index is 0. The van der Waals surface area contributed by atoms with Crippen molar-refractivity contribution >= 4 is 29.9 Å². The van der Waals surface area contributed by atoms with Gasteiger partial charge in [0.05, 0.1) is 6.54 Å². The third-order valence-electron chi connectivity index (χ3n) is 3.74. The van der Waals surface area contributed by atoms with Crippen molar-refractivity contribution in [2.24, 2.45) is 4.99 Å². The van der Waals surface area contributed by atoms with E-state index in [0.717, 1.165) is 29.6 Å². The molecule has 2 aromatic rings. The van der Waals surface area contributed by atoms with Crippen molar-refractivity contribution in [3.05, 3.63) is 59.2 Å². The van der Waals surface area contributed by atoms with Gasteiger partial charge in [-0.25, -0.2) is 4.99 Å². The monoisotopic (exact) mass is 453 g/mol. The Morgan fingerprint density at radius 3 is 2.68 bits per heavy atom. The van der Waals surface area contributed by atoms with Crippen LogP contribution in [0.2, 0.25) is 0 Å². The molecular formula is C19H24IN3O2. The Morgan fingerprint density at radius 1 is 1.04 bits per heavy atom. The molecule has 1 aliphatic heterocycles. The molecule has 0 amide bonds. The number of nitrogens with zero attached hydrogens (tertiary/aromatic N) is 1. The van der Waals surface area contributed by atoms with E-state index in [2.05, 4.69) is 53.7 Å². The van der Waals surface area contributed by atoms with Crippen LogP contribution in [0.15, 0.2) is 47.5 Å². The highest BCUT2D eigenvalue weighted by Gasteiger charge is 2.13. The van der Waals surface area contributed by atoms with Crippen molar-refractivity contribution in [3.8, 4) is 11.5 Å². The van der Waals surface area contributed by atoms with Gasteiger partial charge in [0.1, 0.15) is 0 Å². The summed E-state index contributed by atoms with van der Waals surface area (Å²) in [6.45, 7) is 6.60. The van der Waals surface area contributed by atoms with E-state index in [1.54, 1.807) is 0 Å². The maximum Gasteiger partial charge on any atom is 0.231 e. The lowest BCUT2D eigenvalue weighted by Gasteiger charge is -2.12. The average Bonchev–Trinajstić information content (AvgIpc) is 3.05. The Kier molecular flexibility index (Phi) is 7.36. The van der Waals surface area contributed by atoms with Crippen LogP contribution in [-0.4, -0.2) is 19.3 Å². The van der Waals surface area contributed by atoms with Crippen molar-refractivity contribution < 1.29 is 9.47 Å². The van der Waals surface area contributed by atoms with E-state index in [0.29, 0.717) is 19.9 Å². The number of halogens is 1. The van der Waals surface area contributed by atoms with Crippen LogP contribution in [0.1, 0.15) is 23.6 Å². The maximum absolute atomic E-state index is 5.41. The molecule has 0 aromatic heterocycles. The van der Waals surface area contributed by atoms with Crippen LogP contribution in [0.25, 0.3) is 0 Å². The summed E-state index contributed by atoms with van der Waals surface area (Å²) in [6.07, 6.45) is 0. The molecule has 134 valence electrons. The second kappa shape index (κ2) is 9.50. The maximum atomic E-state index is 5.41. The summed E-state index contributed by atoms with van der Waals surface area (Å²) in [5.41, 5.74) is 3.58. The Hall–Kier alpha value is -1.96. The van der Waals surface area contributed by atoms with Gasteiger partial charge in [-0.05, 0) is 37.1 Å². The molecule has 0 saturated carbocycles. The largest absolute Gasteiger partial charge is 0.454 e. The fourth-order valence-corrected chi connectivity index (χ4v) is 2.56. The van der Waals surface area contributed by atoms with Gasteiger partial charge >= 0.3 is 0 Å². The fraction of sp³-hybridized carbons (Fsp3) is 0.316. The highest BCUT2D eigenvalue weighted by molar-refractivity contribution is 14.0. The number of guanidine groups is 1. The smallest absolute Gasteiger partial charge is 0.231 e. The lowest BCUT2D eigenvalue weighted by molar-refractivity contribution is 0.174. The van der Waals surface area contributed by atoms with E-state index in [4.69, 9.17) is 9.47 Å². The Morgan fingerprint density at radius 2 is 1.88 bits per heavy atom. The first-order valence-corrected chi connectivity index (χ1v) is 8.21. The minimum absolute atomic E-state index is 0. The van der Waals surface area contributed by atoms with E-state index in [1.807, 2.05) is 18.2 Å². The number of benzene rings is 2.